The largest absolute Gasteiger partial charge is 0.234 e. The summed E-state index contributed by atoms with van der Waals surface area (Å²) >= 11 is 0. The van der Waals surface area contributed by atoms with Crippen molar-refractivity contribution in [2.45, 2.75) is 51.2 Å². The zero-order valence-corrected chi connectivity index (χ0v) is 12.5. The van der Waals surface area contributed by atoms with E-state index in [1.807, 2.05) is 20.8 Å². The molecular formula is C15H23NOS. The first-order valence-electron chi connectivity index (χ1n) is 6.40. The van der Waals surface area contributed by atoms with Crippen LogP contribution >= 0.6 is 0 Å². The fourth-order valence-electron chi connectivity index (χ4n) is 1.40. The topological polar surface area (TPSA) is 29.4 Å². The summed E-state index contributed by atoms with van der Waals surface area (Å²) in [6, 6.07) is 10.8. The number of nitrogens with zero attached hydrogens (tertiary/aromatic N) is 1. The smallest absolute Gasteiger partial charge is 0.144 e. The van der Waals surface area contributed by atoms with Crippen molar-refractivity contribution in [2.75, 3.05) is 0 Å². The molecule has 0 radical (unpaired) electrons. The third-order valence-electron chi connectivity index (χ3n) is 2.57. The maximum Gasteiger partial charge on any atom is 0.144 e. The Balaban J connectivity index is 0.000000180. The lowest BCUT2D eigenvalue weighted by Crippen LogP contribution is -2.19. The first-order chi connectivity index (χ1) is 8.45. The molecule has 0 spiro atoms. The summed E-state index contributed by atoms with van der Waals surface area (Å²) in [4.78, 5) is 0. The number of rotatable bonds is 2. The van der Waals surface area contributed by atoms with E-state index in [0.29, 0.717) is 0 Å². The summed E-state index contributed by atoms with van der Waals surface area (Å²) in [6.45, 7) is 7.46. The molecule has 0 saturated heterocycles. The van der Waals surface area contributed by atoms with Gasteiger partial charge in [-0.3, -0.25) is 0 Å². The molecule has 1 aromatic carbocycles. The Morgan fingerprint density at radius 1 is 1.22 bits per heavy atom. The number of hydrogen-bond donors (Lipinski definition) is 0. The molecular weight excluding hydrogens is 242 g/mol. The maximum atomic E-state index is 11.0. The van der Waals surface area contributed by atoms with Crippen LogP contribution < -0.4 is 0 Å². The summed E-state index contributed by atoms with van der Waals surface area (Å²) in [5.74, 6) is 0.909. The molecule has 0 bridgehead atoms. The van der Waals surface area contributed by atoms with E-state index in [2.05, 4.69) is 34.7 Å². The highest BCUT2D eigenvalue weighted by molar-refractivity contribution is 7.85. The van der Waals surface area contributed by atoms with Gasteiger partial charge in [0.1, 0.15) is 11.0 Å². The first-order valence-corrected chi connectivity index (χ1v) is 7.51. The summed E-state index contributed by atoms with van der Waals surface area (Å²) in [5.41, 5.74) is 1.53. The molecule has 1 aliphatic rings. The van der Waals surface area contributed by atoms with Crippen LogP contribution in [0.2, 0.25) is 0 Å². The zero-order chi connectivity index (χ0) is 13.6. The van der Waals surface area contributed by atoms with Gasteiger partial charge in [0.25, 0.3) is 0 Å². The van der Waals surface area contributed by atoms with E-state index in [1.54, 1.807) is 13.1 Å². The van der Waals surface area contributed by atoms with Crippen LogP contribution in [0.25, 0.3) is 0 Å². The molecule has 0 N–H and O–H groups in total. The third-order valence-corrected chi connectivity index (χ3v) is 4.02. The monoisotopic (exact) mass is 265 g/mol. The van der Waals surface area contributed by atoms with Crippen molar-refractivity contribution in [1.82, 2.24) is 0 Å². The van der Waals surface area contributed by atoms with E-state index < -0.39 is 11.0 Å². The summed E-state index contributed by atoms with van der Waals surface area (Å²) < 4.78 is 14.5. The molecule has 2 nitrogen and oxygen atoms in total. The predicted molar refractivity (Wildman–Crippen MR) is 80.5 cm³/mol. The van der Waals surface area contributed by atoms with Crippen molar-refractivity contribution in [3.8, 4) is 0 Å². The van der Waals surface area contributed by atoms with E-state index in [0.717, 1.165) is 5.92 Å². The second kappa shape index (κ2) is 6.83. The highest BCUT2D eigenvalue weighted by atomic mass is 32.2. The van der Waals surface area contributed by atoms with Crippen LogP contribution in [0.15, 0.2) is 34.7 Å². The molecule has 1 aliphatic carbocycles. The van der Waals surface area contributed by atoms with Crippen LogP contribution in [0, 0.1) is 0 Å². The Labute approximate surface area is 113 Å². The van der Waals surface area contributed by atoms with Gasteiger partial charge in [0.15, 0.2) is 0 Å². The third kappa shape index (κ3) is 5.58. The molecule has 0 heterocycles. The van der Waals surface area contributed by atoms with Crippen LogP contribution in [-0.2, 0) is 11.0 Å². The maximum absolute atomic E-state index is 11.0. The summed E-state index contributed by atoms with van der Waals surface area (Å²) in [7, 11) is -1.07. The van der Waals surface area contributed by atoms with Gasteiger partial charge in [0.05, 0.1) is 4.75 Å². The van der Waals surface area contributed by atoms with Gasteiger partial charge >= 0.3 is 0 Å². The first kappa shape index (κ1) is 15.1. The molecule has 100 valence electrons. The molecule has 1 fully saturated rings. The van der Waals surface area contributed by atoms with Gasteiger partial charge in [-0.2, -0.15) is 4.40 Å². The van der Waals surface area contributed by atoms with Gasteiger partial charge in [-0.05, 0) is 52.0 Å². The van der Waals surface area contributed by atoms with Crippen LogP contribution in [0.1, 0.15) is 52.0 Å². The van der Waals surface area contributed by atoms with Gasteiger partial charge < -0.3 is 0 Å². The lowest BCUT2D eigenvalue weighted by Gasteiger charge is -2.12. The van der Waals surface area contributed by atoms with E-state index in [-0.39, 0.29) is 4.75 Å². The van der Waals surface area contributed by atoms with Crippen molar-refractivity contribution >= 4 is 17.2 Å². The zero-order valence-electron chi connectivity index (χ0n) is 11.7. The minimum atomic E-state index is -1.07. The Morgan fingerprint density at radius 3 is 2.11 bits per heavy atom. The van der Waals surface area contributed by atoms with E-state index in [9.17, 15) is 4.21 Å². The average Bonchev–Trinajstić information content (AvgIpc) is 3.14. The SMILES string of the molecule is C/C=N/S(=O)C(C)(C)C.c1ccc(C2CC2)cc1. The quantitative estimate of drug-likeness (QED) is 0.740. The molecule has 3 heteroatoms. The van der Waals surface area contributed by atoms with Gasteiger partial charge in [-0.25, -0.2) is 4.21 Å². The van der Waals surface area contributed by atoms with Crippen molar-refractivity contribution in [3.05, 3.63) is 35.9 Å². The normalized spacial score (nSPS) is 17.1. The minimum absolute atomic E-state index is 0.216. The Hall–Kier alpha value is -0.960. The number of benzene rings is 1. The molecule has 0 aromatic heterocycles. The van der Waals surface area contributed by atoms with Crippen molar-refractivity contribution in [1.29, 1.82) is 0 Å². The van der Waals surface area contributed by atoms with Gasteiger partial charge in [0, 0.05) is 6.21 Å². The standard InChI is InChI=1S/C9H10.C6H13NOS/c1-2-4-8(5-3-1)9-6-7-9;1-5-7-9(8)6(2,3)4/h1-5,9H,6-7H2;5H,1-4H3/b;7-5+. The lowest BCUT2D eigenvalue weighted by molar-refractivity contribution is 0.651. The lowest BCUT2D eigenvalue weighted by atomic mass is 10.1. The number of hydrogen-bond acceptors (Lipinski definition) is 1. The van der Waals surface area contributed by atoms with Gasteiger partial charge in [0.2, 0.25) is 0 Å². The Kier molecular flexibility index (Phi) is 5.73. The van der Waals surface area contributed by atoms with Crippen LogP contribution in [0.5, 0.6) is 0 Å². The molecule has 1 atom stereocenters. The fraction of sp³-hybridized carbons (Fsp3) is 0.533. The second-order valence-corrected chi connectivity index (χ2v) is 7.34. The van der Waals surface area contributed by atoms with Crippen LogP contribution in [0.3, 0.4) is 0 Å². The molecule has 18 heavy (non-hydrogen) atoms. The molecule has 1 unspecified atom stereocenters. The van der Waals surface area contributed by atoms with Crippen LogP contribution in [-0.4, -0.2) is 15.2 Å². The second-order valence-electron chi connectivity index (χ2n) is 5.41. The van der Waals surface area contributed by atoms with E-state index >= 15 is 0 Å². The minimum Gasteiger partial charge on any atom is -0.234 e. The molecule has 0 amide bonds. The van der Waals surface area contributed by atoms with Gasteiger partial charge in [-0.15, -0.1) is 0 Å². The highest BCUT2D eigenvalue weighted by Gasteiger charge is 2.22. The Bertz CT molecular complexity index is 402. The van der Waals surface area contributed by atoms with Crippen molar-refractivity contribution < 1.29 is 4.21 Å². The highest BCUT2D eigenvalue weighted by Crippen LogP contribution is 2.39. The molecule has 1 saturated carbocycles. The Morgan fingerprint density at radius 2 is 1.78 bits per heavy atom. The van der Waals surface area contributed by atoms with E-state index in [4.69, 9.17) is 0 Å². The summed E-state index contributed by atoms with van der Waals surface area (Å²) in [5, 5.41) is 0. The van der Waals surface area contributed by atoms with Gasteiger partial charge in [-0.1, -0.05) is 30.3 Å². The predicted octanol–water partition coefficient (Wildman–Crippen LogP) is 4.10. The molecule has 1 aromatic rings. The molecule has 2 rings (SSSR count). The van der Waals surface area contributed by atoms with Crippen molar-refractivity contribution in [3.63, 3.8) is 0 Å². The summed E-state index contributed by atoms with van der Waals surface area (Å²) in [6.07, 6.45) is 4.38. The van der Waals surface area contributed by atoms with Crippen molar-refractivity contribution in [2.24, 2.45) is 4.40 Å². The molecule has 0 aliphatic heterocycles. The van der Waals surface area contributed by atoms with Crippen LogP contribution in [0.4, 0.5) is 0 Å². The average molecular weight is 265 g/mol. The van der Waals surface area contributed by atoms with E-state index in [1.165, 1.54) is 18.4 Å². The fourth-order valence-corrected chi connectivity index (χ4v) is 1.90.